The molecule has 0 aliphatic carbocycles. The van der Waals surface area contributed by atoms with Crippen LogP contribution in [0.5, 0.6) is 5.75 Å². The van der Waals surface area contributed by atoms with Crippen LogP contribution in [-0.4, -0.2) is 12.8 Å². The number of carbonyl (C=O) groups is 1. The highest BCUT2D eigenvalue weighted by Gasteiger charge is 2.16. The Bertz CT molecular complexity index is 842. The van der Waals surface area contributed by atoms with Gasteiger partial charge < -0.3 is 18.3 Å². The van der Waals surface area contributed by atoms with E-state index in [0.29, 0.717) is 16.4 Å². The van der Waals surface area contributed by atoms with E-state index in [1.807, 2.05) is 0 Å². The van der Waals surface area contributed by atoms with Crippen LogP contribution in [0.3, 0.4) is 0 Å². The largest absolute Gasteiger partial charge is 0.513 e. The van der Waals surface area contributed by atoms with Crippen molar-refractivity contribution in [3.05, 3.63) is 40.9 Å². The quantitative estimate of drug-likeness (QED) is 0.406. The molecule has 6 heteroatoms. The standard InChI is InChI=1S/C14H10O6/c1-2-17-14(16)20-13-8-3-4-12(15)19-11(8)7-10-9(13)5-6-18-10/h3-7H,2H2,1H3. The van der Waals surface area contributed by atoms with Crippen molar-refractivity contribution >= 4 is 28.1 Å². The summed E-state index contributed by atoms with van der Waals surface area (Å²) in [6.07, 6.45) is 0.633. The highest BCUT2D eigenvalue weighted by atomic mass is 16.7. The molecular weight excluding hydrogens is 264 g/mol. The lowest BCUT2D eigenvalue weighted by atomic mass is 10.1. The molecule has 6 nitrogen and oxygen atoms in total. The molecule has 20 heavy (non-hydrogen) atoms. The summed E-state index contributed by atoms with van der Waals surface area (Å²) in [7, 11) is 0. The van der Waals surface area contributed by atoms with Gasteiger partial charge in [-0.3, -0.25) is 0 Å². The fourth-order valence-corrected chi connectivity index (χ4v) is 1.95. The van der Waals surface area contributed by atoms with Crippen LogP contribution in [0.15, 0.2) is 44.2 Å². The number of hydrogen-bond donors (Lipinski definition) is 0. The summed E-state index contributed by atoms with van der Waals surface area (Å²) in [5.41, 5.74) is 0.232. The topological polar surface area (TPSA) is 78.9 Å². The van der Waals surface area contributed by atoms with E-state index in [1.165, 1.54) is 18.4 Å². The second-order valence-electron chi connectivity index (χ2n) is 3.99. The molecule has 0 bridgehead atoms. The maximum Gasteiger partial charge on any atom is 0.513 e. The summed E-state index contributed by atoms with van der Waals surface area (Å²) >= 11 is 0. The van der Waals surface area contributed by atoms with Gasteiger partial charge in [0.2, 0.25) is 0 Å². The molecule has 0 spiro atoms. The molecular formula is C14H10O6. The zero-order valence-electron chi connectivity index (χ0n) is 10.5. The highest BCUT2D eigenvalue weighted by Crippen LogP contribution is 2.35. The Morgan fingerprint density at radius 3 is 2.80 bits per heavy atom. The van der Waals surface area contributed by atoms with Crippen molar-refractivity contribution in [2.75, 3.05) is 6.61 Å². The molecule has 3 rings (SSSR count). The third kappa shape index (κ3) is 2.01. The first-order chi connectivity index (χ1) is 9.69. The number of furan rings is 1. The number of benzene rings is 1. The van der Waals surface area contributed by atoms with Crippen molar-refractivity contribution in [3.63, 3.8) is 0 Å². The lowest BCUT2D eigenvalue weighted by Crippen LogP contribution is -2.10. The molecule has 0 unspecified atom stereocenters. The summed E-state index contributed by atoms with van der Waals surface area (Å²) < 4.78 is 20.3. The number of fused-ring (bicyclic) bond motifs is 2. The Morgan fingerprint density at radius 2 is 2.00 bits per heavy atom. The monoisotopic (exact) mass is 274 g/mol. The molecule has 102 valence electrons. The maximum absolute atomic E-state index is 11.5. The number of hydrogen-bond acceptors (Lipinski definition) is 6. The molecule has 0 saturated heterocycles. The first-order valence-corrected chi connectivity index (χ1v) is 5.97. The van der Waals surface area contributed by atoms with Crippen LogP contribution < -0.4 is 10.4 Å². The Labute approximate surface area is 112 Å². The minimum Gasteiger partial charge on any atom is -0.464 e. The highest BCUT2D eigenvalue weighted by molar-refractivity contribution is 6.02. The van der Waals surface area contributed by atoms with E-state index in [0.717, 1.165) is 0 Å². The molecule has 0 fully saturated rings. The van der Waals surface area contributed by atoms with Crippen molar-refractivity contribution in [2.24, 2.45) is 0 Å². The Morgan fingerprint density at radius 1 is 1.20 bits per heavy atom. The normalized spacial score (nSPS) is 10.8. The molecule has 1 aromatic carbocycles. The van der Waals surface area contributed by atoms with Crippen molar-refractivity contribution in [1.29, 1.82) is 0 Å². The van der Waals surface area contributed by atoms with E-state index in [4.69, 9.17) is 18.3 Å². The van der Waals surface area contributed by atoms with Crippen LogP contribution in [0.2, 0.25) is 0 Å². The minimum absolute atomic E-state index is 0.202. The number of carbonyl (C=O) groups excluding carboxylic acids is 1. The summed E-state index contributed by atoms with van der Waals surface area (Å²) in [6.45, 7) is 1.88. The SMILES string of the molecule is CCOC(=O)Oc1c2ccoc2cc2oc(=O)ccc12. The zero-order valence-corrected chi connectivity index (χ0v) is 10.5. The van der Waals surface area contributed by atoms with Gasteiger partial charge in [0, 0.05) is 12.1 Å². The molecule has 0 saturated carbocycles. The molecule has 0 aliphatic heterocycles. The third-order valence-electron chi connectivity index (χ3n) is 2.76. The first-order valence-electron chi connectivity index (χ1n) is 5.97. The zero-order chi connectivity index (χ0) is 14.1. The smallest absolute Gasteiger partial charge is 0.464 e. The van der Waals surface area contributed by atoms with Crippen LogP contribution in [-0.2, 0) is 4.74 Å². The van der Waals surface area contributed by atoms with Gasteiger partial charge in [-0.2, -0.15) is 0 Å². The lowest BCUT2D eigenvalue weighted by Gasteiger charge is -2.07. The maximum atomic E-state index is 11.5. The van der Waals surface area contributed by atoms with Crippen LogP contribution in [0.1, 0.15) is 6.92 Å². The molecule has 0 atom stereocenters. The summed E-state index contributed by atoms with van der Waals surface area (Å²) in [5.74, 6) is 0.244. The Balaban J connectivity index is 2.25. The summed E-state index contributed by atoms with van der Waals surface area (Å²) in [5, 5.41) is 1.09. The first kappa shape index (κ1) is 12.3. The van der Waals surface area contributed by atoms with Gasteiger partial charge in [0.1, 0.15) is 11.2 Å². The van der Waals surface area contributed by atoms with E-state index in [1.54, 1.807) is 19.1 Å². The Kier molecular flexibility index (Phi) is 2.90. The van der Waals surface area contributed by atoms with Crippen LogP contribution >= 0.6 is 0 Å². The summed E-state index contributed by atoms with van der Waals surface area (Å²) in [4.78, 5) is 22.8. The van der Waals surface area contributed by atoms with Gasteiger partial charge >= 0.3 is 11.8 Å². The Hall–Kier alpha value is -2.76. The molecule has 0 radical (unpaired) electrons. The lowest BCUT2D eigenvalue weighted by molar-refractivity contribution is 0.105. The van der Waals surface area contributed by atoms with Crippen molar-refractivity contribution < 1.29 is 23.1 Å². The van der Waals surface area contributed by atoms with Crippen molar-refractivity contribution in [2.45, 2.75) is 6.92 Å². The second kappa shape index (κ2) is 4.73. The van der Waals surface area contributed by atoms with E-state index in [2.05, 4.69) is 0 Å². The average molecular weight is 274 g/mol. The molecule has 2 aromatic heterocycles. The van der Waals surface area contributed by atoms with Crippen LogP contribution in [0, 0.1) is 0 Å². The fraction of sp³-hybridized carbons (Fsp3) is 0.143. The molecule has 3 aromatic rings. The third-order valence-corrected chi connectivity index (χ3v) is 2.76. The van der Waals surface area contributed by atoms with Gasteiger partial charge in [-0.15, -0.1) is 0 Å². The van der Waals surface area contributed by atoms with Gasteiger partial charge in [0.25, 0.3) is 0 Å². The van der Waals surface area contributed by atoms with E-state index < -0.39 is 11.8 Å². The fourth-order valence-electron chi connectivity index (χ4n) is 1.95. The van der Waals surface area contributed by atoms with Crippen molar-refractivity contribution in [3.8, 4) is 5.75 Å². The number of ether oxygens (including phenoxy) is 2. The van der Waals surface area contributed by atoms with E-state index >= 15 is 0 Å². The van der Waals surface area contributed by atoms with E-state index in [9.17, 15) is 9.59 Å². The van der Waals surface area contributed by atoms with Gasteiger partial charge in [0.15, 0.2) is 5.75 Å². The average Bonchev–Trinajstić information content (AvgIpc) is 2.86. The molecule has 2 heterocycles. The predicted octanol–water partition coefficient (Wildman–Crippen LogP) is 3.07. The number of rotatable bonds is 2. The van der Waals surface area contributed by atoms with Gasteiger partial charge in [-0.25, -0.2) is 9.59 Å². The van der Waals surface area contributed by atoms with E-state index in [-0.39, 0.29) is 17.9 Å². The second-order valence-corrected chi connectivity index (χ2v) is 3.99. The van der Waals surface area contributed by atoms with Gasteiger partial charge in [-0.1, -0.05) is 0 Å². The predicted molar refractivity (Wildman–Crippen MR) is 69.9 cm³/mol. The molecule has 0 N–H and O–H groups in total. The minimum atomic E-state index is -0.825. The van der Waals surface area contributed by atoms with Crippen molar-refractivity contribution in [1.82, 2.24) is 0 Å². The molecule has 0 amide bonds. The molecule has 0 aliphatic rings. The summed E-state index contributed by atoms with van der Waals surface area (Å²) in [6, 6.07) is 6.02. The van der Waals surface area contributed by atoms with Crippen LogP contribution in [0.4, 0.5) is 4.79 Å². The van der Waals surface area contributed by atoms with Gasteiger partial charge in [-0.05, 0) is 19.1 Å². The van der Waals surface area contributed by atoms with Crippen LogP contribution in [0.25, 0.3) is 21.9 Å². The van der Waals surface area contributed by atoms with Gasteiger partial charge in [0.05, 0.1) is 23.6 Å².